The normalized spacial score (nSPS) is 25.8. The van der Waals surface area contributed by atoms with Crippen LogP contribution in [0, 0.1) is 12.3 Å². The Hall–Kier alpha value is -0.560. The highest BCUT2D eigenvalue weighted by Gasteiger charge is 2.44. The number of terminal acetylenes is 1. The Morgan fingerprint density at radius 1 is 1.28 bits per heavy atom. The number of unbranched alkanes of at least 4 members (excludes halogenated alkanes) is 1. The molecule has 1 heterocycles. The smallest absolute Gasteiger partial charge is 0.0594 e. The summed E-state index contributed by atoms with van der Waals surface area (Å²) in [4.78, 5) is 2.60. The van der Waals surface area contributed by atoms with Crippen molar-refractivity contribution in [3.05, 3.63) is 0 Å². The van der Waals surface area contributed by atoms with Gasteiger partial charge < -0.3 is 10.5 Å². The molecule has 0 aromatic rings. The molecule has 0 aromatic carbocycles. The maximum atomic E-state index is 6.53. The fourth-order valence-electron chi connectivity index (χ4n) is 3.61. The topological polar surface area (TPSA) is 38.5 Å². The first-order valence-electron chi connectivity index (χ1n) is 7.31. The Morgan fingerprint density at radius 3 is 2.56 bits per heavy atom. The minimum atomic E-state index is 0.235. The predicted octanol–water partition coefficient (Wildman–Crippen LogP) is 1.76. The van der Waals surface area contributed by atoms with Crippen LogP contribution in [0.3, 0.4) is 0 Å². The van der Waals surface area contributed by atoms with Crippen LogP contribution in [0.1, 0.15) is 44.9 Å². The number of nitrogens with two attached hydrogens (primary N) is 1. The van der Waals surface area contributed by atoms with Crippen molar-refractivity contribution >= 4 is 0 Å². The van der Waals surface area contributed by atoms with Gasteiger partial charge in [-0.2, -0.15) is 0 Å². The van der Waals surface area contributed by atoms with E-state index in [2.05, 4.69) is 10.8 Å². The summed E-state index contributed by atoms with van der Waals surface area (Å²) in [5.74, 6) is 2.72. The summed E-state index contributed by atoms with van der Waals surface area (Å²) in [6.45, 7) is 3.81. The number of hydrogen-bond acceptors (Lipinski definition) is 3. The second-order valence-electron chi connectivity index (χ2n) is 5.61. The van der Waals surface area contributed by atoms with Gasteiger partial charge in [0.2, 0.25) is 0 Å². The third-order valence-corrected chi connectivity index (χ3v) is 4.64. The highest BCUT2D eigenvalue weighted by molar-refractivity contribution is 5.03. The van der Waals surface area contributed by atoms with E-state index < -0.39 is 0 Å². The van der Waals surface area contributed by atoms with Crippen LogP contribution in [0.4, 0.5) is 0 Å². The highest BCUT2D eigenvalue weighted by Crippen LogP contribution is 2.39. The van der Waals surface area contributed by atoms with Gasteiger partial charge in [0.15, 0.2) is 0 Å². The number of morpholine rings is 1. The molecule has 0 bridgehead atoms. The van der Waals surface area contributed by atoms with Gasteiger partial charge in [-0.15, -0.1) is 12.3 Å². The molecule has 102 valence electrons. The van der Waals surface area contributed by atoms with Crippen molar-refractivity contribution in [2.45, 2.75) is 56.5 Å². The molecule has 1 aliphatic carbocycles. The average molecular weight is 250 g/mol. The number of nitrogens with zero attached hydrogens (tertiary/aromatic N) is 1. The molecular formula is C15H26N2O. The van der Waals surface area contributed by atoms with Gasteiger partial charge in [-0.25, -0.2) is 0 Å². The molecule has 0 radical (unpaired) electrons. The second kappa shape index (κ2) is 6.56. The van der Waals surface area contributed by atoms with Crippen LogP contribution in [0.15, 0.2) is 0 Å². The lowest BCUT2D eigenvalue weighted by molar-refractivity contribution is -0.0317. The van der Waals surface area contributed by atoms with Crippen molar-refractivity contribution < 1.29 is 4.74 Å². The van der Waals surface area contributed by atoms with E-state index in [0.29, 0.717) is 0 Å². The minimum Gasteiger partial charge on any atom is -0.379 e. The fraction of sp³-hybridized carbons (Fsp3) is 0.867. The largest absolute Gasteiger partial charge is 0.379 e. The summed E-state index contributed by atoms with van der Waals surface area (Å²) in [5.41, 5.74) is 6.77. The fourth-order valence-corrected chi connectivity index (χ4v) is 3.61. The lowest BCUT2D eigenvalue weighted by Crippen LogP contribution is -2.61. The molecule has 0 spiro atoms. The van der Waals surface area contributed by atoms with Gasteiger partial charge in [0, 0.05) is 31.1 Å². The molecule has 0 aromatic heterocycles. The van der Waals surface area contributed by atoms with E-state index in [4.69, 9.17) is 16.9 Å². The molecular weight excluding hydrogens is 224 g/mol. The molecule has 3 heteroatoms. The van der Waals surface area contributed by atoms with E-state index >= 15 is 0 Å². The van der Waals surface area contributed by atoms with Gasteiger partial charge in [-0.1, -0.05) is 12.8 Å². The Labute approximate surface area is 111 Å². The monoisotopic (exact) mass is 250 g/mol. The summed E-state index contributed by atoms with van der Waals surface area (Å²) >= 11 is 0. The van der Waals surface area contributed by atoms with E-state index in [9.17, 15) is 0 Å². The summed E-state index contributed by atoms with van der Waals surface area (Å²) in [6, 6.07) is 0.270. The van der Waals surface area contributed by atoms with E-state index in [1.165, 1.54) is 25.7 Å². The van der Waals surface area contributed by atoms with Crippen LogP contribution < -0.4 is 5.73 Å². The van der Waals surface area contributed by atoms with Gasteiger partial charge in [-0.3, -0.25) is 4.90 Å². The molecule has 2 rings (SSSR count). The first-order valence-corrected chi connectivity index (χ1v) is 7.31. The molecule has 1 atom stereocenters. The summed E-state index contributed by atoms with van der Waals surface area (Å²) in [7, 11) is 0. The molecule has 2 N–H and O–H groups in total. The first kappa shape index (κ1) is 13.9. The predicted molar refractivity (Wildman–Crippen MR) is 74.3 cm³/mol. The van der Waals surface area contributed by atoms with E-state index in [0.717, 1.165) is 45.6 Å². The molecule has 1 unspecified atom stereocenters. The van der Waals surface area contributed by atoms with Crippen molar-refractivity contribution in [1.82, 2.24) is 4.90 Å². The molecule has 1 saturated carbocycles. The van der Waals surface area contributed by atoms with Crippen molar-refractivity contribution in [3.63, 3.8) is 0 Å². The average Bonchev–Trinajstić information content (AvgIpc) is 2.90. The van der Waals surface area contributed by atoms with Crippen LogP contribution in [-0.4, -0.2) is 42.8 Å². The van der Waals surface area contributed by atoms with Crippen LogP contribution >= 0.6 is 0 Å². The van der Waals surface area contributed by atoms with Gasteiger partial charge >= 0.3 is 0 Å². The number of rotatable bonds is 5. The third kappa shape index (κ3) is 2.88. The minimum absolute atomic E-state index is 0.235. The maximum Gasteiger partial charge on any atom is 0.0594 e. The van der Waals surface area contributed by atoms with Crippen molar-refractivity contribution in [1.29, 1.82) is 0 Å². The second-order valence-corrected chi connectivity index (χ2v) is 5.61. The Bertz CT molecular complexity index is 285. The highest BCUT2D eigenvalue weighted by atomic mass is 16.5. The lowest BCUT2D eigenvalue weighted by atomic mass is 9.83. The van der Waals surface area contributed by atoms with Gasteiger partial charge in [0.05, 0.1) is 13.2 Å². The molecule has 1 aliphatic heterocycles. The van der Waals surface area contributed by atoms with E-state index in [1.54, 1.807) is 0 Å². The van der Waals surface area contributed by atoms with Gasteiger partial charge in [0.1, 0.15) is 0 Å². The molecule has 2 fully saturated rings. The standard InChI is InChI=1S/C15H26N2O/c1-2-3-4-7-14(16)15(8-5-6-9-15)17-10-12-18-13-11-17/h1,14H,3-13,16H2. The van der Waals surface area contributed by atoms with Crippen molar-refractivity contribution in [3.8, 4) is 12.3 Å². The zero-order chi connectivity index (χ0) is 12.8. The molecule has 2 aliphatic rings. The molecule has 3 nitrogen and oxygen atoms in total. The third-order valence-electron chi connectivity index (χ3n) is 4.64. The summed E-state index contributed by atoms with van der Waals surface area (Å²) < 4.78 is 5.47. The van der Waals surface area contributed by atoms with Gasteiger partial charge in [-0.05, 0) is 25.7 Å². The summed E-state index contributed by atoms with van der Waals surface area (Å²) in [6.07, 6.45) is 13.4. The number of hydrogen-bond donors (Lipinski definition) is 1. The van der Waals surface area contributed by atoms with Crippen LogP contribution in [0.25, 0.3) is 0 Å². The molecule has 1 saturated heterocycles. The van der Waals surface area contributed by atoms with Crippen molar-refractivity contribution in [2.24, 2.45) is 5.73 Å². The van der Waals surface area contributed by atoms with E-state index in [-0.39, 0.29) is 11.6 Å². The maximum absolute atomic E-state index is 6.53. The summed E-state index contributed by atoms with van der Waals surface area (Å²) in [5, 5.41) is 0. The number of ether oxygens (including phenoxy) is 1. The van der Waals surface area contributed by atoms with Crippen molar-refractivity contribution in [2.75, 3.05) is 26.3 Å². The quantitative estimate of drug-likeness (QED) is 0.597. The Morgan fingerprint density at radius 2 is 1.94 bits per heavy atom. The SMILES string of the molecule is C#CCCCC(N)C1(N2CCOCC2)CCCC1. The van der Waals surface area contributed by atoms with Gasteiger partial charge in [0.25, 0.3) is 0 Å². The van der Waals surface area contributed by atoms with Crippen LogP contribution in [-0.2, 0) is 4.74 Å². The Balaban J connectivity index is 1.98. The Kier molecular flexibility index (Phi) is 5.05. The lowest BCUT2D eigenvalue weighted by Gasteiger charge is -2.47. The first-order chi connectivity index (χ1) is 8.79. The molecule has 18 heavy (non-hydrogen) atoms. The van der Waals surface area contributed by atoms with Crippen LogP contribution in [0.5, 0.6) is 0 Å². The molecule has 0 amide bonds. The van der Waals surface area contributed by atoms with E-state index in [1.807, 2.05) is 0 Å². The van der Waals surface area contributed by atoms with Crippen LogP contribution in [0.2, 0.25) is 0 Å². The zero-order valence-corrected chi connectivity index (χ0v) is 11.4. The zero-order valence-electron chi connectivity index (χ0n) is 11.4.